The van der Waals surface area contributed by atoms with Gasteiger partial charge in [0.05, 0.1) is 6.61 Å². The van der Waals surface area contributed by atoms with Gasteiger partial charge in [-0.1, -0.05) is 0 Å². The van der Waals surface area contributed by atoms with Crippen LogP contribution in [-0.2, 0) is 4.74 Å². The van der Waals surface area contributed by atoms with Crippen molar-refractivity contribution in [2.75, 3.05) is 6.61 Å². The zero-order chi connectivity index (χ0) is 13.4. The van der Waals surface area contributed by atoms with E-state index in [1.54, 1.807) is 19.1 Å². The first-order chi connectivity index (χ1) is 7.88. The van der Waals surface area contributed by atoms with Gasteiger partial charge in [-0.3, -0.25) is 0 Å². The van der Waals surface area contributed by atoms with Gasteiger partial charge in [-0.05, 0) is 26.0 Å². The van der Waals surface area contributed by atoms with E-state index in [1.165, 1.54) is 11.3 Å². The number of aromatic carboxylic acids is 1. The second-order valence-electron chi connectivity index (χ2n) is 2.97. The molecule has 1 aromatic heterocycles. The quantitative estimate of drug-likeness (QED) is 0.831. The van der Waals surface area contributed by atoms with Crippen LogP contribution in [0.2, 0.25) is 0 Å². The van der Waals surface area contributed by atoms with Crippen molar-refractivity contribution in [1.82, 2.24) is 0 Å². The topological polar surface area (TPSA) is 89.6 Å². The Bertz CT molecular complexity index is 378. The number of halogens is 1. The van der Waals surface area contributed by atoms with E-state index in [2.05, 4.69) is 4.74 Å². The first-order valence-electron chi connectivity index (χ1n) is 4.79. The molecule has 0 amide bonds. The summed E-state index contributed by atoms with van der Waals surface area (Å²) in [6.45, 7) is 3.88. The monoisotopic (exact) mass is 279 g/mol. The summed E-state index contributed by atoms with van der Waals surface area (Å²) in [7, 11) is 0. The van der Waals surface area contributed by atoms with Gasteiger partial charge in [0, 0.05) is 22.5 Å². The van der Waals surface area contributed by atoms with Crippen LogP contribution >= 0.6 is 22.9 Å². The Labute approximate surface area is 108 Å². The summed E-state index contributed by atoms with van der Waals surface area (Å²) >= 11 is 5.94. The molecule has 0 aromatic carbocycles. The Morgan fingerprint density at radius 3 is 2.35 bits per heavy atom. The lowest BCUT2D eigenvalue weighted by atomic mass is 10.3. The highest BCUT2D eigenvalue weighted by Crippen LogP contribution is 2.21. The number of nitrogens with two attached hydrogens (primary N) is 1. The van der Waals surface area contributed by atoms with E-state index in [4.69, 9.17) is 22.4 Å². The summed E-state index contributed by atoms with van der Waals surface area (Å²) in [5.41, 5.74) is 4.81. The summed E-state index contributed by atoms with van der Waals surface area (Å²) in [5, 5.41) is 8.55. The van der Waals surface area contributed by atoms with Crippen LogP contribution in [0.4, 0.5) is 4.79 Å². The van der Waals surface area contributed by atoms with E-state index >= 15 is 0 Å². The molecule has 17 heavy (non-hydrogen) atoms. The van der Waals surface area contributed by atoms with E-state index in [1.807, 2.05) is 6.92 Å². The van der Waals surface area contributed by atoms with Gasteiger partial charge in [0.2, 0.25) is 0 Å². The standard InChI is InChI=1S/C7H9NO2S.C3H5ClO2/c1-4(8)5-2-3-6(11-5)7(9)10;1-2-6-3(4)5/h2-4H,8H2,1H3,(H,9,10);2H2,1H3. The summed E-state index contributed by atoms with van der Waals surface area (Å²) in [5.74, 6) is -0.887. The average Bonchev–Trinajstić information content (AvgIpc) is 2.66. The maximum atomic E-state index is 10.4. The van der Waals surface area contributed by atoms with Crippen molar-refractivity contribution in [3.63, 3.8) is 0 Å². The highest BCUT2D eigenvalue weighted by atomic mass is 35.5. The molecule has 0 spiro atoms. The van der Waals surface area contributed by atoms with E-state index in [0.717, 1.165) is 4.88 Å². The number of rotatable bonds is 3. The molecule has 0 aliphatic heterocycles. The molecule has 7 heteroatoms. The first kappa shape index (κ1) is 15.9. The van der Waals surface area contributed by atoms with Crippen molar-refractivity contribution in [3.05, 3.63) is 21.9 Å². The minimum Gasteiger partial charge on any atom is -0.477 e. The highest BCUT2D eigenvalue weighted by molar-refractivity contribution is 7.14. The zero-order valence-corrected chi connectivity index (χ0v) is 11.0. The van der Waals surface area contributed by atoms with Crippen molar-refractivity contribution < 1.29 is 19.4 Å². The number of hydrogen-bond donors (Lipinski definition) is 2. The molecule has 1 atom stereocenters. The number of carbonyl (C=O) groups is 2. The summed E-state index contributed by atoms with van der Waals surface area (Å²) in [6.07, 6.45) is 0. The second kappa shape index (κ2) is 8.05. The van der Waals surface area contributed by atoms with Gasteiger partial charge in [0.15, 0.2) is 0 Å². The van der Waals surface area contributed by atoms with E-state index < -0.39 is 11.4 Å². The van der Waals surface area contributed by atoms with Crippen LogP contribution in [0.1, 0.15) is 34.4 Å². The number of ether oxygens (including phenoxy) is 1. The summed E-state index contributed by atoms with van der Waals surface area (Å²) in [4.78, 5) is 21.2. The number of carbonyl (C=O) groups excluding carboxylic acids is 1. The number of hydrogen-bond acceptors (Lipinski definition) is 5. The molecular weight excluding hydrogens is 266 g/mol. The Hall–Kier alpha value is -1.11. The van der Waals surface area contributed by atoms with Crippen LogP contribution in [0.5, 0.6) is 0 Å². The lowest BCUT2D eigenvalue weighted by molar-refractivity contribution is 0.0702. The molecule has 0 saturated carbocycles. The van der Waals surface area contributed by atoms with Gasteiger partial charge >= 0.3 is 11.4 Å². The van der Waals surface area contributed by atoms with Crippen molar-refractivity contribution >= 4 is 34.3 Å². The molecule has 0 fully saturated rings. The molecule has 0 saturated heterocycles. The predicted molar refractivity (Wildman–Crippen MR) is 66.8 cm³/mol. The molecule has 0 aliphatic rings. The molecule has 1 rings (SSSR count). The smallest absolute Gasteiger partial charge is 0.403 e. The molecule has 0 aliphatic carbocycles. The van der Waals surface area contributed by atoms with Crippen LogP contribution in [0, 0.1) is 0 Å². The third-order valence-corrected chi connectivity index (χ3v) is 2.93. The largest absolute Gasteiger partial charge is 0.477 e. The third kappa shape index (κ3) is 6.93. The zero-order valence-electron chi connectivity index (χ0n) is 9.47. The summed E-state index contributed by atoms with van der Waals surface area (Å²) in [6, 6.07) is 3.25. The summed E-state index contributed by atoms with van der Waals surface area (Å²) < 4.78 is 4.17. The number of thiophene rings is 1. The molecule has 3 N–H and O–H groups in total. The van der Waals surface area contributed by atoms with Crippen LogP contribution in [-0.4, -0.2) is 23.1 Å². The molecule has 0 radical (unpaired) electrons. The predicted octanol–water partition coefficient (Wildman–Crippen LogP) is 2.85. The first-order valence-corrected chi connectivity index (χ1v) is 5.98. The molecule has 1 heterocycles. The maximum absolute atomic E-state index is 10.4. The van der Waals surface area contributed by atoms with Gasteiger partial charge in [0.1, 0.15) is 4.88 Å². The lowest BCUT2D eigenvalue weighted by Gasteiger charge is -1.97. The van der Waals surface area contributed by atoms with E-state index in [0.29, 0.717) is 11.5 Å². The number of carboxylic acid groups (broad SMARTS) is 1. The van der Waals surface area contributed by atoms with Gasteiger partial charge in [-0.2, -0.15) is 0 Å². The van der Waals surface area contributed by atoms with Gasteiger partial charge in [-0.15, -0.1) is 11.3 Å². The van der Waals surface area contributed by atoms with Gasteiger partial charge in [0.25, 0.3) is 0 Å². The third-order valence-electron chi connectivity index (χ3n) is 1.54. The van der Waals surface area contributed by atoms with Crippen molar-refractivity contribution in [2.24, 2.45) is 5.73 Å². The lowest BCUT2D eigenvalue weighted by Crippen LogP contribution is -2.01. The fraction of sp³-hybridized carbons (Fsp3) is 0.400. The molecule has 1 aromatic rings. The Kier molecular flexibility index (Phi) is 7.53. The van der Waals surface area contributed by atoms with Crippen LogP contribution in [0.25, 0.3) is 0 Å². The van der Waals surface area contributed by atoms with Gasteiger partial charge in [-0.25, -0.2) is 9.59 Å². The van der Waals surface area contributed by atoms with Crippen molar-refractivity contribution in [2.45, 2.75) is 19.9 Å². The second-order valence-corrected chi connectivity index (χ2v) is 4.39. The molecule has 96 valence electrons. The van der Waals surface area contributed by atoms with Gasteiger partial charge < -0.3 is 15.6 Å². The fourth-order valence-corrected chi connectivity index (χ4v) is 1.73. The average molecular weight is 280 g/mol. The minimum atomic E-state index is -0.887. The Morgan fingerprint density at radius 1 is 1.59 bits per heavy atom. The maximum Gasteiger partial charge on any atom is 0.403 e. The van der Waals surface area contributed by atoms with Crippen LogP contribution < -0.4 is 5.73 Å². The molecule has 5 nitrogen and oxygen atoms in total. The van der Waals surface area contributed by atoms with Crippen molar-refractivity contribution in [3.8, 4) is 0 Å². The van der Waals surface area contributed by atoms with Crippen LogP contribution in [0.15, 0.2) is 12.1 Å². The highest BCUT2D eigenvalue weighted by Gasteiger charge is 2.08. The molecule has 1 unspecified atom stereocenters. The minimum absolute atomic E-state index is 0.0758. The Balaban J connectivity index is 0.000000366. The van der Waals surface area contributed by atoms with E-state index in [-0.39, 0.29) is 6.04 Å². The normalized spacial score (nSPS) is 11.1. The van der Waals surface area contributed by atoms with E-state index in [9.17, 15) is 9.59 Å². The Morgan fingerprint density at radius 2 is 2.18 bits per heavy atom. The van der Waals surface area contributed by atoms with Crippen LogP contribution in [0.3, 0.4) is 0 Å². The molecular formula is C10H14ClNO4S. The van der Waals surface area contributed by atoms with Crippen molar-refractivity contribution in [1.29, 1.82) is 0 Å². The molecule has 0 bridgehead atoms. The number of carboxylic acids is 1. The fourth-order valence-electron chi connectivity index (χ4n) is 0.826. The SMILES string of the molecule is CC(N)c1ccc(C(=O)O)s1.CCOC(=O)Cl.